The van der Waals surface area contributed by atoms with Crippen molar-refractivity contribution in [2.75, 3.05) is 26.2 Å². The van der Waals surface area contributed by atoms with E-state index in [0.29, 0.717) is 30.5 Å². The van der Waals surface area contributed by atoms with Gasteiger partial charge in [0, 0.05) is 12.6 Å². The molecule has 2 nitrogen and oxygen atoms in total. The van der Waals surface area contributed by atoms with E-state index in [9.17, 15) is 13.2 Å². The van der Waals surface area contributed by atoms with E-state index in [1.165, 1.54) is 12.8 Å². The molecule has 1 N–H and O–H groups in total. The van der Waals surface area contributed by atoms with Gasteiger partial charge in [0.25, 0.3) is 0 Å². The quantitative estimate of drug-likeness (QED) is 0.852. The topological polar surface area (TPSA) is 15.3 Å². The number of halogens is 3. The van der Waals surface area contributed by atoms with Crippen LogP contribution in [0.1, 0.15) is 46.5 Å². The van der Waals surface area contributed by atoms with Gasteiger partial charge in [0.15, 0.2) is 0 Å². The molecule has 0 aromatic carbocycles. The number of hydrogen-bond donors (Lipinski definition) is 1. The first-order chi connectivity index (χ1) is 9.74. The van der Waals surface area contributed by atoms with Crippen molar-refractivity contribution in [3.05, 3.63) is 0 Å². The van der Waals surface area contributed by atoms with Crippen LogP contribution in [0.25, 0.3) is 0 Å². The molecule has 2 unspecified atom stereocenters. The van der Waals surface area contributed by atoms with Gasteiger partial charge < -0.3 is 10.2 Å². The number of rotatable bonds is 4. The van der Waals surface area contributed by atoms with Crippen molar-refractivity contribution < 1.29 is 13.2 Å². The second-order valence-corrected chi connectivity index (χ2v) is 7.44. The first kappa shape index (κ1) is 17.1. The van der Waals surface area contributed by atoms with Gasteiger partial charge in [-0.15, -0.1) is 0 Å². The molecule has 5 heteroatoms. The molecule has 0 aromatic heterocycles. The van der Waals surface area contributed by atoms with Gasteiger partial charge in [-0.2, -0.15) is 13.2 Å². The highest BCUT2D eigenvalue weighted by molar-refractivity contribution is 4.97. The van der Waals surface area contributed by atoms with E-state index in [1.807, 2.05) is 0 Å². The number of likely N-dealkylation sites (tertiary alicyclic amines) is 1. The number of hydrogen-bond acceptors (Lipinski definition) is 2. The predicted octanol–water partition coefficient (Wildman–Crippen LogP) is 3.68. The largest absolute Gasteiger partial charge is 0.391 e. The van der Waals surface area contributed by atoms with E-state index >= 15 is 0 Å². The molecule has 0 spiro atoms. The minimum absolute atomic E-state index is 0.269. The molecule has 2 fully saturated rings. The van der Waals surface area contributed by atoms with E-state index < -0.39 is 12.1 Å². The second-order valence-electron chi connectivity index (χ2n) is 7.44. The highest BCUT2D eigenvalue weighted by atomic mass is 19.4. The lowest BCUT2D eigenvalue weighted by Crippen LogP contribution is -2.47. The van der Waals surface area contributed by atoms with Crippen molar-refractivity contribution in [2.45, 2.75) is 58.7 Å². The Hall–Kier alpha value is -0.290. The van der Waals surface area contributed by atoms with Gasteiger partial charge >= 0.3 is 6.18 Å². The molecular formula is C16H29F3N2. The molecule has 2 rings (SSSR count). The minimum Gasteiger partial charge on any atom is -0.313 e. The molecule has 0 bridgehead atoms. The lowest BCUT2D eigenvalue weighted by Gasteiger charge is -2.37. The monoisotopic (exact) mass is 306 g/mol. The van der Waals surface area contributed by atoms with E-state index in [1.54, 1.807) is 0 Å². The fourth-order valence-electron chi connectivity index (χ4n) is 4.15. The number of nitrogens with zero attached hydrogens (tertiary/aromatic N) is 1. The highest BCUT2D eigenvalue weighted by Gasteiger charge is 2.44. The Morgan fingerprint density at radius 2 is 1.76 bits per heavy atom. The molecule has 2 atom stereocenters. The molecule has 21 heavy (non-hydrogen) atoms. The molecular weight excluding hydrogens is 277 g/mol. The maximum atomic E-state index is 12.7. The Labute approximate surface area is 126 Å². The number of piperidine rings is 1. The van der Waals surface area contributed by atoms with Crippen LogP contribution in [0.4, 0.5) is 13.2 Å². The van der Waals surface area contributed by atoms with Crippen molar-refractivity contribution in [1.82, 2.24) is 10.2 Å². The maximum absolute atomic E-state index is 12.7. The highest BCUT2D eigenvalue weighted by Crippen LogP contribution is 2.42. The molecule has 0 aromatic rings. The average molecular weight is 306 g/mol. The van der Waals surface area contributed by atoms with Crippen molar-refractivity contribution in [2.24, 2.45) is 17.3 Å². The van der Waals surface area contributed by atoms with Crippen LogP contribution in [0.5, 0.6) is 0 Å². The summed E-state index contributed by atoms with van der Waals surface area (Å²) in [5.74, 6) is -0.513. The lowest BCUT2D eigenvalue weighted by molar-refractivity contribution is -0.185. The van der Waals surface area contributed by atoms with Crippen molar-refractivity contribution in [3.8, 4) is 0 Å². The van der Waals surface area contributed by atoms with Crippen LogP contribution in [-0.2, 0) is 0 Å². The van der Waals surface area contributed by atoms with E-state index in [-0.39, 0.29) is 12.8 Å². The fraction of sp³-hybridized carbons (Fsp3) is 1.00. The summed E-state index contributed by atoms with van der Waals surface area (Å²) in [5.41, 5.74) is 0.297. The minimum atomic E-state index is -4.01. The van der Waals surface area contributed by atoms with Crippen LogP contribution < -0.4 is 5.32 Å². The van der Waals surface area contributed by atoms with Crippen LogP contribution in [-0.4, -0.2) is 43.3 Å². The summed E-state index contributed by atoms with van der Waals surface area (Å²) in [7, 11) is 0. The molecule has 0 amide bonds. The SMILES string of the molecule is CCNC1C(CN2CCC(C(F)(F)F)CC2)CCC1(C)C. The zero-order valence-electron chi connectivity index (χ0n) is 13.5. The second kappa shape index (κ2) is 6.45. The fourth-order valence-corrected chi connectivity index (χ4v) is 4.15. The maximum Gasteiger partial charge on any atom is 0.391 e. The summed E-state index contributed by atoms with van der Waals surface area (Å²) in [4.78, 5) is 2.25. The third-order valence-corrected chi connectivity index (χ3v) is 5.44. The van der Waals surface area contributed by atoms with E-state index in [2.05, 4.69) is 31.0 Å². The van der Waals surface area contributed by atoms with Gasteiger partial charge in [0.1, 0.15) is 0 Å². The molecule has 2 aliphatic rings. The van der Waals surface area contributed by atoms with Gasteiger partial charge in [-0.25, -0.2) is 0 Å². The van der Waals surface area contributed by atoms with Crippen LogP contribution in [0, 0.1) is 17.3 Å². The summed E-state index contributed by atoms with van der Waals surface area (Å²) < 4.78 is 38.1. The van der Waals surface area contributed by atoms with Crippen molar-refractivity contribution in [3.63, 3.8) is 0 Å². The standard InChI is InChI=1S/C16H29F3N2/c1-4-20-14-12(5-8-15(14,2)3)11-21-9-6-13(7-10-21)16(17,18)19/h12-14,20H,4-11H2,1-3H3. The van der Waals surface area contributed by atoms with E-state index in [0.717, 1.165) is 13.1 Å². The zero-order valence-corrected chi connectivity index (χ0v) is 13.5. The van der Waals surface area contributed by atoms with Gasteiger partial charge in [0.05, 0.1) is 5.92 Å². The number of alkyl halides is 3. The van der Waals surface area contributed by atoms with Crippen molar-refractivity contribution in [1.29, 1.82) is 0 Å². The summed E-state index contributed by atoms with van der Waals surface area (Å²) >= 11 is 0. The Kier molecular flexibility index (Phi) is 5.24. The molecule has 0 radical (unpaired) electrons. The third kappa shape index (κ3) is 4.13. The Bertz CT molecular complexity index is 333. The smallest absolute Gasteiger partial charge is 0.313 e. The Balaban J connectivity index is 1.86. The lowest BCUT2D eigenvalue weighted by atomic mass is 9.84. The first-order valence-corrected chi connectivity index (χ1v) is 8.26. The number of nitrogens with one attached hydrogen (secondary N) is 1. The molecule has 1 aliphatic carbocycles. The summed E-state index contributed by atoms with van der Waals surface area (Å²) in [6.07, 6.45) is -1.08. The van der Waals surface area contributed by atoms with Gasteiger partial charge in [0.2, 0.25) is 0 Å². The van der Waals surface area contributed by atoms with Crippen LogP contribution in [0.3, 0.4) is 0 Å². The molecule has 1 aliphatic heterocycles. The molecule has 1 saturated heterocycles. The van der Waals surface area contributed by atoms with Gasteiger partial charge in [-0.3, -0.25) is 0 Å². The summed E-state index contributed by atoms with van der Waals surface area (Å²) in [5, 5.41) is 3.60. The zero-order chi connectivity index (χ0) is 15.7. The van der Waals surface area contributed by atoms with Gasteiger partial charge in [-0.1, -0.05) is 20.8 Å². The third-order valence-electron chi connectivity index (χ3n) is 5.44. The van der Waals surface area contributed by atoms with Crippen LogP contribution in [0.15, 0.2) is 0 Å². The molecule has 124 valence electrons. The Morgan fingerprint density at radius 3 is 2.29 bits per heavy atom. The Morgan fingerprint density at radius 1 is 1.14 bits per heavy atom. The molecule has 1 heterocycles. The first-order valence-electron chi connectivity index (χ1n) is 8.26. The van der Waals surface area contributed by atoms with Crippen LogP contribution in [0.2, 0.25) is 0 Å². The molecule has 1 saturated carbocycles. The normalized spacial score (nSPS) is 31.7. The predicted molar refractivity (Wildman–Crippen MR) is 79.2 cm³/mol. The summed E-state index contributed by atoms with van der Waals surface area (Å²) in [6, 6.07) is 0.489. The van der Waals surface area contributed by atoms with Crippen molar-refractivity contribution >= 4 is 0 Å². The van der Waals surface area contributed by atoms with E-state index in [4.69, 9.17) is 0 Å². The average Bonchev–Trinajstić information content (AvgIpc) is 2.66. The van der Waals surface area contributed by atoms with Crippen LogP contribution >= 0.6 is 0 Å². The summed E-state index contributed by atoms with van der Waals surface area (Å²) in [6.45, 7) is 9.83. The van der Waals surface area contributed by atoms with Gasteiger partial charge in [-0.05, 0) is 56.7 Å².